The van der Waals surface area contributed by atoms with Crippen molar-refractivity contribution in [3.8, 4) is 0 Å². The Bertz CT molecular complexity index is 835. The summed E-state index contributed by atoms with van der Waals surface area (Å²) in [6, 6.07) is 5.75. The molecule has 1 saturated heterocycles. The van der Waals surface area contributed by atoms with Crippen LogP contribution >= 0.6 is 0 Å². The lowest BCUT2D eigenvalue weighted by Crippen LogP contribution is -2.49. The largest absolute Gasteiger partial charge is 0.353 e. The normalized spacial score (nSPS) is 14.7. The molecule has 0 aromatic carbocycles. The fourth-order valence-corrected chi connectivity index (χ4v) is 2.83. The fraction of sp³-hybridized carbons (Fsp3) is 0.375. The zero-order valence-electron chi connectivity index (χ0n) is 13.4. The summed E-state index contributed by atoms with van der Waals surface area (Å²) in [7, 11) is 0. The molecule has 0 saturated carbocycles. The minimum Gasteiger partial charge on any atom is -0.353 e. The van der Waals surface area contributed by atoms with Gasteiger partial charge in [-0.3, -0.25) is 14.6 Å². The molecule has 0 aliphatic carbocycles. The SMILES string of the molecule is Cc1[nH]c(=O)[nH]c(=O)c1CC(=O)N1CCN(c2ccccn2)CC1. The van der Waals surface area contributed by atoms with Crippen molar-refractivity contribution in [3.63, 3.8) is 0 Å². The molecule has 1 aliphatic heterocycles. The van der Waals surface area contributed by atoms with Gasteiger partial charge in [0.15, 0.2) is 0 Å². The van der Waals surface area contributed by atoms with E-state index < -0.39 is 11.2 Å². The Kier molecular flexibility index (Phi) is 4.45. The van der Waals surface area contributed by atoms with Gasteiger partial charge in [0.25, 0.3) is 5.56 Å². The number of amides is 1. The molecule has 8 heteroatoms. The van der Waals surface area contributed by atoms with Crippen LogP contribution in [-0.2, 0) is 11.2 Å². The van der Waals surface area contributed by atoms with Crippen molar-refractivity contribution in [1.82, 2.24) is 19.9 Å². The van der Waals surface area contributed by atoms with Gasteiger partial charge < -0.3 is 14.8 Å². The zero-order valence-corrected chi connectivity index (χ0v) is 13.4. The number of pyridine rings is 1. The van der Waals surface area contributed by atoms with Crippen LogP contribution in [0.5, 0.6) is 0 Å². The molecule has 1 aliphatic rings. The van der Waals surface area contributed by atoms with E-state index in [1.54, 1.807) is 18.0 Å². The second kappa shape index (κ2) is 6.69. The van der Waals surface area contributed by atoms with E-state index in [1.165, 1.54) is 0 Å². The van der Waals surface area contributed by atoms with Crippen LogP contribution in [0.3, 0.4) is 0 Å². The fourth-order valence-electron chi connectivity index (χ4n) is 2.83. The number of aromatic nitrogens is 3. The topological polar surface area (TPSA) is 102 Å². The van der Waals surface area contributed by atoms with Gasteiger partial charge in [-0.25, -0.2) is 9.78 Å². The highest BCUT2D eigenvalue weighted by molar-refractivity contribution is 5.79. The van der Waals surface area contributed by atoms with E-state index in [0.717, 1.165) is 5.82 Å². The Labute approximate surface area is 138 Å². The van der Waals surface area contributed by atoms with Gasteiger partial charge in [0.05, 0.1) is 6.42 Å². The standard InChI is InChI=1S/C16H19N5O3/c1-11-12(15(23)19-16(24)18-11)10-14(22)21-8-6-20(7-9-21)13-4-2-3-5-17-13/h2-5H,6-10H2,1H3,(H2,18,19,23,24). The average molecular weight is 329 g/mol. The smallest absolute Gasteiger partial charge is 0.325 e. The van der Waals surface area contributed by atoms with E-state index in [0.29, 0.717) is 37.4 Å². The van der Waals surface area contributed by atoms with Gasteiger partial charge >= 0.3 is 5.69 Å². The molecular weight excluding hydrogens is 310 g/mol. The predicted molar refractivity (Wildman–Crippen MR) is 89.2 cm³/mol. The molecule has 2 N–H and O–H groups in total. The van der Waals surface area contributed by atoms with Crippen LogP contribution in [0.4, 0.5) is 5.82 Å². The lowest BCUT2D eigenvalue weighted by atomic mass is 10.1. The maximum atomic E-state index is 12.4. The van der Waals surface area contributed by atoms with E-state index in [2.05, 4.69) is 19.9 Å². The van der Waals surface area contributed by atoms with Crippen molar-refractivity contribution in [3.05, 3.63) is 56.5 Å². The van der Waals surface area contributed by atoms with Crippen LogP contribution in [0.1, 0.15) is 11.3 Å². The Morgan fingerprint density at radius 3 is 2.54 bits per heavy atom. The number of carbonyl (C=O) groups excluding carboxylic acids is 1. The number of nitrogens with zero attached hydrogens (tertiary/aromatic N) is 3. The Balaban J connectivity index is 1.64. The molecule has 8 nitrogen and oxygen atoms in total. The third-order valence-electron chi connectivity index (χ3n) is 4.19. The molecule has 1 fully saturated rings. The van der Waals surface area contributed by atoms with Crippen molar-refractivity contribution in [2.75, 3.05) is 31.1 Å². The summed E-state index contributed by atoms with van der Waals surface area (Å²) in [5, 5.41) is 0. The first-order valence-corrected chi connectivity index (χ1v) is 7.80. The molecule has 1 amide bonds. The molecule has 2 aromatic rings. The lowest BCUT2D eigenvalue weighted by Gasteiger charge is -2.35. The van der Waals surface area contributed by atoms with Crippen molar-refractivity contribution < 1.29 is 4.79 Å². The minimum atomic E-state index is -0.558. The molecule has 0 spiro atoms. The Hall–Kier alpha value is -2.90. The number of hydrogen-bond acceptors (Lipinski definition) is 5. The lowest BCUT2D eigenvalue weighted by molar-refractivity contribution is -0.130. The number of nitrogens with one attached hydrogen (secondary N) is 2. The van der Waals surface area contributed by atoms with Crippen molar-refractivity contribution in [2.24, 2.45) is 0 Å². The molecule has 2 aromatic heterocycles. The van der Waals surface area contributed by atoms with Gasteiger partial charge in [-0.1, -0.05) is 6.07 Å². The molecule has 0 unspecified atom stereocenters. The van der Waals surface area contributed by atoms with Crippen LogP contribution in [0.2, 0.25) is 0 Å². The van der Waals surface area contributed by atoms with E-state index in [4.69, 9.17) is 0 Å². The second-order valence-corrected chi connectivity index (χ2v) is 5.74. The molecule has 126 valence electrons. The van der Waals surface area contributed by atoms with Gasteiger partial charge in [0, 0.05) is 43.6 Å². The highest BCUT2D eigenvalue weighted by Crippen LogP contribution is 2.13. The first kappa shape index (κ1) is 16.0. The third kappa shape index (κ3) is 3.37. The highest BCUT2D eigenvalue weighted by Gasteiger charge is 2.23. The summed E-state index contributed by atoms with van der Waals surface area (Å²) in [5.41, 5.74) is -0.314. The summed E-state index contributed by atoms with van der Waals surface area (Å²) >= 11 is 0. The molecule has 24 heavy (non-hydrogen) atoms. The first-order valence-electron chi connectivity index (χ1n) is 7.80. The van der Waals surface area contributed by atoms with E-state index in [1.807, 2.05) is 18.2 Å². The number of piperazine rings is 1. The van der Waals surface area contributed by atoms with Crippen LogP contribution in [0.25, 0.3) is 0 Å². The molecular formula is C16H19N5O3. The van der Waals surface area contributed by atoms with Crippen LogP contribution in [0, 0.1) is 6.92 Å². The van der Waals surface area contributed by atoms with E-state index in [-0.39, 0.29) is 12.3 Å². The summed E-state index contributed by atoms with van der Waals surface area (Å²) < 4.78 is 0. The van der Waals surface area contributed by atoms with Crippen LogP contribution < -0.4 is 16.1 Å². The number of aromatic amines is 2. The zero-order chi connectivity index (χ0) is 17.1. The molecule has 0 radical (unpaired) electrons. The van der Waals surface area contributed by atoms with Crippen LogP contribution in [0.15, 0.2) is 34.0 Å². The quantitative estimate of drug-likeness (QED) is 0.802. The van der Waals surface area contributed by atoms with Gasteiger partial charge in [-0.15, -0.1) is 0 Å². The van der Waals surface area contributed by atoms with E-state index in [9.17, 15) is 14.4 Å². The maximum absolute atomic E-state index is 12.4. The maximum Gasteiger partial charge on any atom is 0.325 e. The second-order valence-electron chi connectivity index (χ2n) is 5.74. The van der Waals surface area contributed by atoms with Gasteiger partial charge in [-0.2, -0.15) is 0 Å². The highest BCUT2D eigenvalue weighted by atomic mass is 16.2. The van der Waals surface area contributed by atoms with Gasteiger partial charge in [0.1, 0.15) is 5.82 Å². The van der Waals surface area contributed by atoms with Gasteiger partial charge in [0.2, 0.25) is 5.91 Å². The third-order valence-corrected chi connectivity index (χ3v) is 4.19. The number of H-pyrrole nitrogens is 2. The minimum absolute atomic E-state index is 0.0124. The van der Waals surface area contributed by atoms with Crippen LogP contribution in [-0.4, -0.2) is 51.9 Å². The average Bonchev–Trinajstić information content (AvgIpc) is 2.59. The summed E-state index contributed by atoms with van der Waals surface area (Å²) in [6.07, 6.45) is 1.74. The number of aryl methyl sites for hydroxylation is 1. The predicted octanol–water partition coefficient (Wildman–Crippen LogP) is -0.342. The number of anilines is 1. The summed E-state index contributed by atoms with van der Waals surface area (Å²) in [6.45, 7) is 4.18. The molecule has 0 atom stereocenters. The Morgan fingerprint density at radius 2 is 1.92 bits per heavy atom. The van der Waals surface area contributed by atoms with Gasteiger partial charge in [-0.05, 0) is 19.1 Å². The van der Waals surface area contributed by atoms with Crippen molar-refractivity contribution in [1.29, 1.82) is 0 Å². The summed E-state index contributed by atoms with van der Waals surface area (Å²) in [4.78, 5) is 48.4. The monoisotopic (exact) mass is 329 g/mol. The number of hydrogen-bond donors (Lipinski definition) is 2. The van der Waals surface area contributed by atoms with E-state index >= 15 is 0 Å². The van der Waals surface area contributed by atoms with Crippen molar-refractivity contribution >= 4 is 11.7 Å². The summed E-state index contributed by atoms with van der Waals surface area (Å²) in [5.74, 6) is 0.786. The molecule has 3 heterocycles. The molecule has 3 rings (SSSR count). The number of rotatable bonds is 3. The number of carbonyl (C=O) groups is 1. The van der Waals surface area contributed by atoms with Crippen molar-refractivity contribution in [2.45, 2.75) is 13.3 Å². The molecule has 0 bridgehead atoms. The Morgan fingerprint density at radius 1 is 1.17 bits per heavy atom. The first-order chi connectivity index (χ1) is 11.5.